The minimum Gasteiger partial charge on any atom is -0.497 e. The summed E-state index contributed by atoms with van der Waals surface area (Å²) in [4.78, 5) is 19.7. The Bertz CT molecular complexity index is 1010. The molecule has 6 nitrogen and oxygen atoms in total. The van der Waals surface area contributed by atoms with E-state index in [-0.39, 0.29) is 11.9 Å². The number of hydrogen-bond donors (Lipinski definition) is 0. The fourth-order valence-corrected chi connectivity index (χ4v) is 3.50. The largest absolute Gasteiger partial charge is 0.497 e. The van der Waals surface area contributed by atoms with Gasteiger partial charge in [0.25, 0.3) is 11.6 Å². The average Bonchev–Trinajstić information content (AvgIpc) is 3.50. The van der Waals surface area contributed by atoms with Crippen LogP contribution in [-0.2, 0) is 6.42 Å². The third-order valence-electron chi connectivity index (χ3n) is 5.53. The van der Waals surface area contributed by atoms with Crippen molar-refractivity contribution in [1.29, 1.82) is 0 Å². The first kappa shape index (κ1) is 18.5. The standard InChI is InChI=1S/C22H25N3O3/c1-13(11-15-5-9-17(27-4)10-6-15)25(3)22(26)18-12-19(16-7-8-16)23-21-20(18)14(2)24-28-21/h5-6,9-10,12-13,16H,7-8,11H2,1-4H3. The van der Waals surface area contributed by atoms with Crippen molar-refractivity contribution >= 4 is 17.0 Å². The number of carbonyl (C=O) groups excluding carboxylic acids is 1. The molecule has 6 heteroatoms. The van der Waals surface area contributed by atoms with Crippen LogP contribution in [0.3, 0.4) is 0 Å². The van der Waals surface area contributed by atoms with Crippen LogP contribution in [0.25, 0.3) is 11.1 Å². The van der Waals surface area contributed by atoms with Crippen molar-refractivity contribution in [3.8, 4) is 5.75 Å². The second kappa shape index (κ2) is 7.26. The van der Waals surface area contributed by atoms with Crippen molar-refractivity contribution in [3.05, 3.63) is 52.8 Å². The van der Waals surface area contributed by atoms with Crippen molar-refractivity contribution < 1.29 is 14.1 Å². The number of fused-ring (bicyclic) bond motifs is 1. The summed E-state index contributed by atoms with van der Waals surface area (Å²) in [5.74, 6) is 1.24. The monoisotopic (exact) mass is 379 g/mol. The number of rotatable bonds is 6. The lowest BCUT2D eigenvalue weighted by atomic mass is 10.0. The van der Waals surface area contributed by atoms with Gasteiger partial charge in [0, 0.05) is 24.7 Å². The Morgan fingerprint density at radius 3 is 2.68 bits per heavy atom. The number of aromatic nitrogens is 2. The quantitative estimate of drug-likeness (QED) is 0.644. The predicted octanol–water partition coefficient (Wildman–Crippen LogP) is 4.12. The van der Waals surface area contributed by atoms with E-state index in [0.717, 1.165) is 41.7 Å². The molecule has 3 aromatic rings. The third kappa shape index (κ3) is 3.46. The van der Waals surface area contributed by atoms with Crippen molar-refractivity contribution in [3.63, 3.8) is 0 Å². The Balaban J connectivity index is 1.59. The molecule has 1 aliphatic carbocycles. The van der Waals surface area contributed by atoms with Gasteiger partial charge in [-0.2, -0.15) is 0 Å². The summed E-state index contributed by atoms with van der Waals surface area (Å²) < 4.78 is 10.6. The van der Waals surface area contributed by atoms with E-state index in [9.17, 15) is 4.79 Å². The van der Waals surface area contributed by atoms with E-state index in [1.165, 1.54) is 0 Å². The minimum absolute atomic E-state index is 0.0263. The first-order chi connectivity index (χ1) is 13.5. The van der Waals surface area contributed by atoms with Crippen LogP contribution in [0.1, 0.15) is 53.0 Å². The molecule has 1 amide bonds. The van der Waals surface area contributed by atoms with Crippen LogP contribution in [0.2, 0.25) is 0 Å². The molecule has 1 fully saturated rings. The van der Waals surface area contributed by atoms with Crippen LogP contribution in [0.15, 0.2) is 34.9 Å². The van der Waals surface area contributed by atoms with Gasteiger partial charge in [0.1, 0.15) is 5.75 Å². The Labute approximate surface area is 164 Å². The van der Waals surface area contributed by atoms with Gasteiger partial charge in [-0.05, 0) is 56.9 Å². The highest BCUT2D eigenvalue weighted by Gasteiger charge is 2.30. The SMILES string of the molecule is COc1ccc(CC(C)N(C)C(=O)c2cc(C3CC3)nc3onc(C)c23)cc1. The van der Waals surface area contributed by atoms with Crippen LogP contribution in [0.4, 0.5) is 0 Å². The van der Waals surface area contributed by atoms with Gasteiger partial charge in [-0.3, -0.25) is 4.79 Å². The Kier molecular flexibility index (Phi) is 4.79. The number of hydrogen-bond acceptors (Lipinski definition) is 5. The molecule has 4 rings (SSSR count). The molecule has 0 aliphatic heterocycles. The van der Waals surface area contributed by atoms with Gasteiger partial charge >= 0.3 is 0 Å². The molecule has 1 unspecified atom stereocenters. The highest BCUT2D eigenvalue weighted by molar-refractivity contribution is 6.06. The van der Waals surface area contributed by atoms with E-state index >= 15 is 0 Å². The lowest BCUT2D eigenvalue weighted by Crippen LogP contribution is -2.36. The maximum absolute atomic E-state index is 13.3. The maximum Gasteiger partial charge on any atom is 0.259 e. The molecule has 1 aromatic carbocycles. The number of likely N-dealkylation sites (N-methyl/N-ethyl adjacent to an activating group) is 1. The number of amides is 1. The fourth-order valence-electron chi connectivity index (χ4n) is 3.50. The molecule has 2 aromatic heterocycles. The number of methoxy groups -OCH3 is 1. The molecule has 0 saturated heterocycles. The lowest BCUT2D eigenvalue weighted by molar-refractivity contribution is 0.0745. The third-order valence-corrected chi connectivity index (χ3v) is 5.53. The molecule has 1 saturated carbocycles. The maximum atomic E-state index is 13.3. The lowest BCUT2D eigenvalue weighted by Gasteiger charge is -2.25. The highest BCUT2D eigenvalue weighted by Crippen LogP contribution is 2.40. The first-order valence-corrected chi connectivity index (χ1v) is 9.65. The van der Waals surface area contributed by atoms with Gasteiger partial charge < -0.3 is 14.2 Å². The summed E-state index contributed by atoms with van der Waals surface area (Å²) in [6, 6.07) is 9.93. The topological polar surface area (TPSA) is 68.5 Å². The number of carbonyl (C=O) groups is 1. The number of nitrogens with zero attached hydrogens (tertiary/aromatic N) is 3. The molecule has 0 N–H and O–H groups in total. The summed E-state index contributed by atoms with van der Waals surface area (Å²) in [6.07, 6.45) is 2.99. The van der Waals surface area contributed by atoms with Crippen molar-refractivity contribution in [2.45, 2.75) is 45.1 Å². The molecule has 1 aliphatic rings. The van der Waals surface area contributed by atoms with Crippen LogP contribution in [0, 0.1) is 6.92 Å². The highest BCUT2D eigenvalue weighted by atomic mass is 16.5. The summed E-state index contributed by atoms with van der Waals surface area (Å²) in [7, 11) is 3.50. The van der Waals surface area contributed by atoms with E-state index in [4.69, 9.17) is 9.26 Å². The smallest absolute Gasteiger partial charge is 0.259 e. The van der Waals surface area contributed by atoms with Crippen molar-refractivity contribution in [1.82, 2.24) is 15.0 Å². The molecule has 2 heterocycles. The Morgan fingerprint density at radius 1 is 1.32 bits per heavy atom. The molecule has 1 atom stereocenters. The molecule has 0 radical (unpaired) electrons. The summed E-state index contributed by atoms with van der Waals surface area (Å²) >= 11 is 0. The zero-order valence-electron chi connectivity index (χ0n) is 16.7. The van der Waals surface area contributed by atoms with Crippen LogP contribution < -0.4 is 4.74 Å². The number of benzene rings is 1. The molecule has 0 spiro atoms. The molecular weight excluding hydrogens is 354 g/mol. The van der Waals surface area contributed by atoms with Gasteiger partial charge in [-0.25, -0.2) is 4.98 Å². The normalized spacial score (nSPS) is 14.9. The number of ether oxygens (including phenoxy) is 1. The second-order valence-electron chi connectivity index (χ2n) is 7.63. The van der Waals surface area contributed by atoms with Gasteiger partial charge in [0.2, 0.25) is 0 Å². The zero-order valence-corrected chi connectivity index (χ0v) is 16.7. The molecule has 0 bridgehead atoms. The summed E-state index contributed by atoms with van der Waals surface area (Å²) in [5, 5.41) is 4.75. The van der Waals surface area contributed by atoms with Gasteiger partial charge in [-0.1, -0.05) is 17.3 Å². The van der Waals surface area contributed by atoms with Crippen LogP contribution >= 0.6 is 0 Å². The predicted molar refractivity (Wildman–Crippen MR) is 107 cm³/mol. The number of pyridine rings is 1. The number of aryl methyl sites for hydroxylation is 1. The van der Waals surface area contributed by atoms with E-state index in [0.29, 0.717) is 22.9 Å². The molecule has 146 valence electrons. The van der Waals surface area contributed by atoms with Crippen LogP contribution in [0.5, 0.6) is 5.75 Å². The molecular formula is C22H25N3O3. The fraction of sp³-hybridized carbons (Fsp3) is 0.409. The average molecular weight is 379 g/mol. The summed E-state index contributed by atoms with van der Waals surface area (Å²) in [6.45, 7) is 3.91. The first-order valence-electron chi connectivity index (χ1n) is 9.65. The molecule has 28 heavy (non-hydrogen) atoms. The second-order valence-corrected chi connectivity index (χ2v) is 7.63. The van der Waals surface area contributed by atoms with E-state index in [1.807, 2.05) is 44.3 Å². The summed E-state index contributed by atoms with van der Waals surface area (Å²) in [5.41, 5.74) is 3.89. The Hall–Kier alpha value is -2.89. The van der Waals surface area contributed by atoms with E-state index < -0.39 is 0 Å². The van der Waals surface area contributed by atoms with Crippen molar-refractivity contribution in [2.75, 3.05) is 14.2 Å². The Morgan fingerprint density at radius 2 is 2.04 bits per heavy atom. The van der Waals surface area contributed by atoms with Gasteiger partial charge in [0.05, 0.1) is 23.8 Å². The minimum atomic E-state index is -0.0263. The zero-order chi connectivity index (χ0) is 19.8. The van der Waals surface area contributed by atoms with Gasteiger partial charge in [-0.15, -0.1) is 0 Å². The van der Waals surface area contributed by atoms with E-state index in [1.54, 1.807) is 12.0 Å². The van der Waals surface area contributed by atoms with E-state index in [2.05, 4.69) is 17.1 Å². The van der Waals surface area contributed by atoms with Crippen LogP contribution in [-0.4, -0.2) is 41.1 Å². The van der Waals surface area contributed by atoms with Crippen molar-refractivity contribution in [2.24, 2.45) is 0 Å². The van der Waals surface area contributed by atoms with Gasteiger partial charge in [0.15, 0.2) is 0 Å².